The number of imidazole rings is 1. The summed E-state index contributed by atoms with van der Waals surface area (Å²) in [7, 11) is 1.54. The van der Waals surface area contributed by atoms with Gasteiger partial charge in [-0.3, -0.25) is 4.90 Å². The van der Waals surface area contributed by atoms with Crippen LogP contribution in [0.2, 0.25) is 5.02 Å². The van der Waals surface area contributed by atoms with Crippen LogP contribution in [-0.4, -0.2) is 58.2 Å². The first kappa shape index (κ1) is 19.8. The number of halogens is 2. The van der Waals surface area contributed by atoms with E-state index in [1.165, 1.54) is 6.33 Å². The Bertz CT molecular complexity index is 1010. The summed E-state index contributed by atoms with van der Waals surface area (Å²) in [4.78, 5) is 17.7. The number of aromatic nitrogens is 4. The second-order valence-corrected chi connectivity index (χ2v) is 7.26. The number of morpholine rings is 1. The molecular weight excluding hydrogens is 399 g/mol. The molecule has 0 aliphatic carbocycles. The van der Waals surface area contributed by atoms with Crippen LogP contribution in [0.3, 0.4) is 0 Å². The Morgan fingerprint density at radius 2 is 2.14 bits per heavy atom. The van der Waals surface area contributed by atoms with Crippen LogP contribution in [0.1, 0.15) is 24.1 Å². The molecule has 2 aromatic heterocycles. The van der Waals surface area contributed by atoms with Gasteiger partial charge in [-0.15, -0.1) is 0 Å². The third kappa shape index (κ3) is 3.98. The van der Waals surface area contributed by atoms with E-state index in [9.17, 15) is 4.39 Å². The Balaban J connectivity index is 1.67. The zero-order valence-corrected chi connectivity index (χ0v) is 17.0. The standard InChI is InChI=1S/C19H22ClFN6O2/c1-11(26-19-16-18(23-9-22-16)24-10-25-19)12-7-14(20)15(21)13(17(12)28-2)8-27-3-5-29-6-4-27/h7,9-11H,3-6,8H2,1-2H3,(H2,22,23,24,25,26). The number of H-pyrrole nitrogens is 1. The molecule has 1 atom stereocenters. The average molecular weight is 421 g/mol. The number of benzene rings is 1. The lowest BCUT2D eigenvalue weighted by atomic mass is 10.0. The second kappa shape index (κ2) is 8.48. The first-order valence-electron chi connectivity index (χ1n) is 9.34. The SMILES string of the molecule is COc1c(C(C)Nc2ncnc3nc[nH]c23)cc(Cl)c(F)c1CN1CCOCC1. The molecule has 0 bridgehead atoms. The van der Waals surface area contributed by atoms with E-state index in [2.05, 4.69) is 30.2 Å². The highest BCUT2D eigenvalue weighted by Gasteiger charge is 2.24. The molecule has 1 aliphatic rings. The van der Waals surface area contributed by atoms with E-state index in [1.54, 1.807) is 19.5 Å². The van der Waals surface area contributed by atoms with E-state index >= 15 is 0 Å². The number of hydrogen-bond donors (Lipinski definition) is 2. The smallest absolute Gasteiger partial charge is 0.182 e. The van der Waals surface area contributed by atoms with E-state index in [0.29, 0.717) is 48.1 Å². The lowest BCUT2D eigenvalue weighted by molar-refractivity contribution is 0.0334. The second-order valence-electron chi connectivity index (χ2n) is 6.85. The summed E-state index contributed by atoms with van der Waals surface area (Å²) in [5.41, 5.74) is 2.44. The van der Waals surface area contributed by atoms with Gasteiger partial charge in [0.15, 0.2) is 11.5 Å². The Kier molecular flexibility index (Phi) is 5.79. The first-order valence-corrected chi connectivity index (χ1v) is 9.71. The molecule has 2 N–H and O–H groups in total. The molecule has 154 valence electrons. The van der Waals surface area contributed by atoms with Crippen LogP contribution in [0.4, 0.5) is 10.2 Å². The molecule has 10 heteroatoms. The van der Waals surface area contributed by atoms with Crippen LogP contribution < -0.4 is 10.1 Å². The van der Waals surface area contributed by atoms with Gasteiger partial charge in [0.1, 0.15) is 23.4 Å². The molecule has 29 heavy (non-hydrogen) atoms. The van der Waals surface area contributed by atoms with Crippen molar-refractivity contribution in [3.05, 3.63) is 40.7 Å². The normalized spacial score (nSPS) is 16.1. The van der Waals surface area contributed by atoms with Crippen molar-refractivity contribution in [1.29, 1.82) is 0 Å². The Morgan fingerprint density at radius 3 is 2.90 bits per heavy atom. The highest BCUT2D eigenvalue weighted by Crippen LogP contribution is 2.37. The minimum Gasteiger partial charge on any atom is -0.496 e. The molecule has 0 amide bonds. The summed E-state index contributed by atoms with van der Waals surface area (Å²) in [6.07, 6.45) is 3.00. The Hall–Kier alpha value is -2.49. The molecule has 3 aromatic rings. The zero-order valence-electron chi connectivity index (χ0n) is 16.2. The Morgan fingerprint density at radius 1 is 1.34 bits per heavy atom. The fourth-order valence-electron chi connectivity index (χ4n) is 3.53. The Labute approximate surface area is 172 Å². The van der Waals surface area contributed by atoms with Crippen LogP contribution in [0.5, 0.6) is 5.75 Å². The fourth-order valence-corrected chi connectivity index (χ4v) is 3.76. The van der Waals surface area contributed by atoms with Crippen molar-refractivity contribution < 1.29 is 13.9 Å². The first-order chi connectivity index (χ1) is 14.1. The third-order valence-corrected chi connectivity index (χ3v) is 5.30. The van der Waals surface area contributed by atoms with Gasteiger partial charge in [-0.25, -0.2) is 19.3 Å². The van der Waals surface area contributed by atoms with Crippen LogP contribution in [0.25, 0.3) is 11.2 Å². The monoisotopic (exact) mass is 420 g/mol. The predicted molar refractivity (Wildman–Crippen MR) is 108 cm³/mol. The molecule has 1 aliphatic heterocycles. The van der Waals surface area contributed by atoms with Crippen LogP contribution in [-0.2, 0) is 11.3 Å². The molecule has 1 unspecified atom stereocenters. The number of nitrogens with zero attached hydrogens (tertiary/aromatic N) is 4. The van der Waals surface area contributed by atoms with Gasteiger partial charge in [0, 0.05) is 30.8 Å². The molecule has 4 rings (SSSR count). The quantitative estimate of drug-likeness (QED) is 0.633. The molecular formula is C19H22ClFN6O2. The molecule has 0 radical (unpaired) electrons. The van der Waals surface area contributed by atoms with Gasteiger partial charge in [-0.2, -0.15) is 0 Å². The highest BCUT2D eigenvalue weighted by molar-refractivity contribution is 6.31. The van der Waals surface area contributed by atoms with Crippen molar-refractivity contribution in [2.24, 2.45) is 0 Å². The van der Waals surface area contributed by atoms with Crippen LogP contribution >= 0.6 is 11.6 Å². The molecule has 0 spiro atoms. The third-order valence-electron chi connectivity index (χ3n) is 5.03. The summed E-state index contributed by atoms with van der Waals surface area (Å²) in [6, 6.07) is 1.34. The van der Waals surface area contributed by atoms with Crippen molar-refractivity contribution in [3.8, 4) is 5.75 Å². The molecule has 1 aromatic carbocycles. The number of aromatic amines is 1. The lowest BCUT2D eigenvalue weighted by Gasteiger charge is -2.28. The van der Waals surface area contributed by atoms with E-state index in [0.717, 1.165) is 18.7 Å². The molecule has 0 saturated carbocycles. The van der Waals surface area contributed by atoms with Gasteiger partial charge in [-0.05, 0) is 13.0 Å². The average Bonchev–Trinajstić information content (AvgIpc) is 3.22. The summed E-state index contributed by atoms with van der Waals surface area (Å²) in [6.45, 7) is 5.06. The van der Waals surface area contributed by atoms with Gasteiger partial charge in [0.2, 0.25) is 0 Å². The molecule has 1 saturated heterocycles. The van der Waals surface area contributed by atoms with Crippen molar-refractivity contribution in [2.45, 2.75) is 19.5 Å². The van der Waals surface area contributed by atoms with Crippen LogP contribution in [0.15, 0.2) is 18.7 Å². The maximum atomic E-state index is 14.9. The van der Waals surface area contributed by atoms with Gasteiger partial charge in [0.05, 0.1) is 37.7 Å². The van der Waals surface area contributed by atoms with Gasteiger partial charge in [-0.1, -0.05) is 11.6 Å². The van der Waals surface area contributed by atoms with Gasteiger partial charge >= 0.3 is 0 Å². The number of anilines is 1. The van der Waals surface area contributed by atoms with Crippen molar-refractivity contribution in [3.63, 3.8) is 0 Å². The van der Waals surface area contributed by atoms with Crippen LogP contribution in [0, 0.1) is 5.82 Å². The molecule has 8 nitrogen and oxygen atoms in total. The summed E-state index contributed by atoms with van der Waals surface area (Å²) in [5.74, 6) is 0.620. The largest absolute Gasteiger partial charge is 0.496 e. The summed E-state index contributed by atoms with van der Waals surface area (Å²) >= 11 is 6.25. The maximum absolute atomic E-state index is 14.9. The highest BCUT2D eigenvalue weighted by atomic mass is 35.5. The van der Waals surface area contributed by atoms with Crippen molar-refractivity contribution >= 4 is 28.6 Å². The molecule has 3 heterocycles. The van der Waals surface area contributed by atoms with Crippen molar-refractivity contribution in [2.75, 3.05) is 38.7 Å². The predicted octanol–water partition coefficient (Wildman–Crippen LogP) is 3.16. The summed E-state index contributed by atoms with van der Waals surface area (Å²) < 4.78 is 25.9. The van der Waals surface area contributed by atoms with E-state index in [1.807, 2.05) is 6.92 Å². The van der Waals surface area contributed by atoms with E-state index in [-0.39, 0.29) is 11.1 Å². The van der Waals surface area contributed by atoms with E-state index in [4.69, 9.17) is 21.1 Å². The fraction of sp³-hybridized carbons (Fsp3) is 0.421. The van der Waals surface area contributed by atoms with E-state index < -0.39 is 5.82 Å². The van der Waals surface area contributed by atoms with Crippen molar-refractivity contribution in [1.82, 2.24) is 24.8 Å². The number of rotatable bonds is 6. The minimum absolute atomic E-state index is 0.0621. The molecule has 1 fully saturated rings. The number of ether oxygens (including phenoxy) is 2. The van der Waals surface area contributed by atoms with Gasteiger partial charge < -0.3 is 19.8 Å². The lowest BCUT2D eigenvalue weighted by Crippen LogP contribution is -2.36. The number of nitrogens with one attached hydrogen (secondary N) is 2. The minimum atomic E-state index is -0.455. The number of fused-ring (bicyclic) bond motifs is 1. The number of methoxy groups -OCH3 is 1. The zero-order chi connectivity index (χ0) is 20.4. The summed E-state index contributed by atoms with van der Waals surface area (Å²) in [5, 5.41) is 3.38. The topological polar surface area (TPSA) is 88.2 Å². The van der Waals surface area contributed by atoms with Gasteiger partial charge in [0.25, 0.3) is 0 Å². The maximum Gasteiger partial charge on any atom is 0.182 e. The number of hydrogen-bond acceptors (Lipinski definition) is 7.